The topological polar surface area (TPSA) is 39.1 Å². The molecule has 1 fully saturated rings. The highest BCUT2D eigenvalue weighted by atomic mass is 16.5. The van der Waals surface area contributed by atoms with Gasteiger partial charge in [0.1, 0.15) is 0 Å². The van der Waals surface area contributed by atoms with Crippen LogP contribution in [0.15, 0.2) is 6.07 Å². The lowest BCUT2D eigenvalue weighted by Gasteiger charge is -2.51. The maximum absolute atomic E-state index is 5.48. The van der Waals surface area contributed by atoms with Gasteiger partial charge in [-0.3, -0.25) is 4.68 Å². The third-order valence-corrected chi connectivity index (χ3v) is 4.28. The number of nitrogens with one attached hydrogen (secondary N) is 1. The Balaban J connectivity index is 1.93. The van der Waals surface area contributed by atoms with Crippen molar-refractivity contribution < 1.29 is 4.74 Å². The lowest BCUT2D eigenvalue weighted by atomic mass is 9.64. The van der Waals surface area contributed by atoms with Crippen LogP contribution >= 0.6 is 0 Å². The maximum atomic E-state index is 5.48. The Hall–Kier alpha value is -0.870. The molecule has 2 unspecified atom stereocenters. The second-order valence-corrected chi connectivity index (χ2v) is 5.81. The molecule has 0 aliphatic heterocycles. The van der Waals surface area contributed by atoms with Gasteiger partial charge in [0.05, 0.1) is 17.5 Å². The average Bonchev–Trinajstić information content (AvgIpc) is 2.68. The average molecular weight is 251 g/mol. The van der Waals surface area contributed by atoms with Crippen molar-refractivity contribution in [1.29, 1.82) is 0 Å². The first-order chi connectivity index (χ1) is 8.48. The van der Waals surface area contributed by atoms with Gasteiger partial charge in [0.15, 0.2) is 0 Å². The van der Waals surface area contributed by atoms with Crippen LogP contribution in [0.25, 0.3) is 0 Å². The molecule has 1 heterocycles. The molecular weight excluding hydrogens is 226 g/mol. The second-order valence-electron chi connectivity index (χ2n) is 5.81. The first-order valence-corrected chi connectivity index (χ1v) is 6.78. The summed E-state index contributed by atoms with van der Waals surface area (Å²) in [5.74, 6) is 0. The van der Waals surface area contributed by atoms with Crippen LogP contribution in [0, 0.1) is 12.3 Å². The van der Waals surface area contributed by atoms with Crippen LogP contribution in [0.4, 0.5) is 0 Å². The fourth-order valence-corrected chi connectivity index (χ4v) is 2.87. The monoisotopic (exact) mass is 251 g/mol. The first kappa shape index (κ1) is 13.6. The summed E-state index contributed by atoms with van der Waals surface area (Å²) in [6.07, 6.45) is 1.48. The zero-order valence-corrected chi connectivity index (χ0v) is 12.2. The molecule has 0 amide bonds. The van der Waals surface area contributed by atoms with E-state index in [2.05, 4.69) is 41.9 Å². The van der Waals surface area contributed by atoms with Gasteiger partial charge in [-0.1, -0.05) is 13.8 Å². The highest BCUT2D eigenvalue weighted by molar-refractivity contribution is 5.10. The number of aromatic nitrogens is 2. The molecule has 1 saturated carbocycles. The van der Waals surface area contributed by atoms with E-state index in [1.165, 1.54) is 5.69 Å². The summed E-state index contributed by atoms with van der Waals surface area (Å²) < 4.78 is 7.55. The Kier molecular flexibility index (Phi) is 3.78. The van der Waals surface area contributed by atoms with Crippen molar-refractivity contribution >= 4 is 0 Å². The van der Waals surface area contributed by atoms with E-state index in [0.29, 0.717) is 12.1 Å². The molecule has 1 N–H and O–H groups in total. The Morgan fingerprint density at radius 3 is 2.83 bits per heavy atom. The molecule has 18 heavy (non-hydrogen) atoms. The van der Waals surface area contributed by atoms with Crippen molar-refractivity contribution in [3.05, 3.63) is 17.5 Å². The molecule has 0 saturated heterocycles. The van der Waals surface area contributed by atoms with E-state index in [1.807, 2.05) is 6.92 Å². The molecule has 1 aromatic rings. The standard InChI is InChI=1S/C14H25N3O/c1-6-17-11(7-10(2)16-17)9-15-12-8-13(18-5)14(12,3)4/h7,12-13,15H,6,8-9H2,1-5H3. The van der Waals surface area contributed by atoms with E-state index in [4.69, 9.17) is 4.74 Å². The van der Waals surface area contributed by atoms with Crippen LogP contribution in [0.1, 0.15) is 38.6 Å². The second kappa shape index (κ2) is 5.02. The molecule has 1 aliphatic carbocycles. The normalized spacial score (nSPS) is 26.1. The van der Waals surface area contributed by atoms with Gasteiger partial charge in [0, 0.05) is 31.7 Å². The van der Waals surface area contributed by atoms with Crippen molar-refractivity contribution in [3.8, 4) is 0 Å². The van der Waals surface area contributed by atoms with E-state index in [0.717, 1.165) is 25.2 Å². The highest BCUT2D eigenvalue weighted by Crippen LogP contribution is 2.42. The number of ether oxygens (including phenoxy) is 1. The smallest absolute Gasteiger partial charge is 0.0652 e. The summed E-state index contributed by atoms with van der Waals surface area (Å²) in [5.41, 5.74) is 2.59. The molecule has 1 aromatic heterocycles. The van der Waals surface area contributed by atoms with Gasteiger partial charge >= 0.3 is 0 Å². The fraction of sp³-hybridized carbons (Fsp3) is 0.786. The van der Waals surface area contributed by atoms with Crippen molar-refractivity contribution in [1.82, 2.24) is 15.1 Å². The van der Waals surface area contributed by atoms with E-state index in [9.17, 15) is 0 Å². The van der Waals surface area contributed by atoms with Crippen molar-refractivity contribution in [2.75, 3.05) is 7.11 Å². The van der Waals surface area contributed by atoms with E-state index >= 15 is 0 Å². The third-order valence-electron chi connectivity index (χ3n) is 4.28. The summed E-state index contributed by atoms with van der Waals surface area (Å²) in [4.78, 5) is 0. The van der Waals surface area contributed by atoms with Gasteiger partial charge < -0.3 is 10.1 Å². The molecule has 102 valence electrons. The van der Waals surface area contributed by atoms with E-state index < -0.39 is 0 Å². The van der Waals surface area contributed by atoms with Gasteiger partial charge in [-0.25, -0.2) is 0 Å². The fourth-order valence-electron chi connectivity index (χ4n) is 2.87. The Labute approximate surface area is 110 Å². The Morgan fingerprint density at radius 2 is 2.28 bits per heavy atom. The number of hydrogen-bond acceptors (Lipinski definition) is 3. The lowest BCUT2D eigenvalue weighted by molar-refractivity contribution is -0.0980. The van der Waals surface area contributed by atoms with Gasteiger partial charge in [-0.2, -0.15) is 5.10 Å². The minimum atomic E-state index is 0.223. The maximum Gasteiger partial charge on any atom is 0.0652 e. The molecular formula is C14H25N3O. The highest BCUT2D eigenvalue weighted by Gasteiger charge is 2.48. The number of rotatable bonds is 5. The van der Waals surface area contributed by atoms with Crippen LogP contribution < -0.4 is 5.32 Å². The molecule has 0 aromatic carbocycles. The van der Waals surface area contributed by atoms with E-state index in [1.54, 1.807) is 7.11 Å². The number of hydrogen-bond donors (Lipinski definition) is 1. The summed E-state index contributed by atoms with van der Waals surface area (Å²) in [6.45, 7) is 10.5. The minimum absolute atomic E-state index is 0.223. The van der Waals surface area contributed by atoms with Crippen LogP contribution in [0.5, 0.6) is 0 Å². The van der Waals surface area contributed by atoms with Gasteiger partial charge in [0.2, 0.25) is 0 Å². The minimum Gasteiger partial charge on any atom is -0.381 e. The molecule has 4 heteroatoms. The number of methoxy groups -OCH3 is 1. The SMILES string of the molecule is CCn1nc(C)cc1CNC1CC(OC)C1(C)C. The lowest BCUT2D eigenvalue weighted by Crippen LogP contribution is -2.60. The summed E-state index contributed by atoms with van der Waals surface area (Å²) in [7, 11) is 1.80. The zero-order valence-electron chi connectivity index (χ0n) is 12.2. The quantitative estimate of drug-likeness (QED) is 0.871. The molecule has 2 rings (SSSR count). The number of aryl methyl sites for hydroxylation is 2. The summed E-state index contributed by atoms with van der Waals surface area (Å²) in [6, 6.07) is 2.69. The predicted molar refractivity (Wildman–Crippen MR) is 72.5 cm³/mol. The van der Waals surface area contributed by atoms with Crippen molar-refractivity contribution in [2.24, 2.45) is 5.41 Å². The largest absolute Gasteiger partial charge is 0.381 e. The molecule has 4 nitrogen and oxygen atoms in total. The van der Waals surface area contributed by atoms with Crippen molar-refractivity contribution in [2.45, 2.75) is 59.4 Å². The Bertz CT molecular complexity index is 411. The van der Waals surface area contributed by atoms with Gasteiger partial charge in [-0.15, -0.1) is 0 Å². The Morgan fingerprint density at radius 1 is 1.56 bits per heavy atom. The van der Waals surface area contributed by atoms with Crippen LogP contribution in [0.3, 0.4) is 0 Å². The summed E-state index contributed by atoms with van der Waals surface area (Å²) in [5, 5.41) is 8.11. The van der Waals surface area contributed by atoms with Crippen LogP contribution in [0.2, 0.25) is 0 Å². The van der Waals surface area contributed by atoms with Gasteiger partial charge in [-0.05, 0) is 26.3 Å². The predicted octanol–water partition coefficient (Wildman–Crippen LogP) is 2.11. The molecule has 2 atom stereocenters. The molecule has 0 bridgehead atoms. The number of nitrogens with zero attached hydrogens (tertiary/aromatic N) is 2. The van der Waals surface area contributed by atoms with E-state index in [-0.39, 0.29) is 5.41 Å². The first-order valence-electron chi connectivity index (χ1n) is 6.78. The van der Waals surface area contributed by atoms with Crippen LogP contribution in [-0.4, -0.2) is 29.0 Å². The van der Waals surface area contributed by atoms with Gasteiger partial charge in [0.25, 0.3) is 0 Å². The van der Waals surface area contributed by atoms with Crippen LogP contribution in [-0.2, 0) is 17.8 Å². The molecule has 1 aliphatic rings. The molecule has 0 spiro atoms. The zero-order chi connectivity index (χ0) is 13.3. The summed E-state index contributed by atoms with van der Waals surface area (Å²) >= 11 is 0. The third kappa shape index (κ3) is 2.31. The molecule has 0 radical (unpaired) electrons. The van der Waals surface area contributed by atoms with Crippen molar-refractivity contribution in [3.63, 3.8) is 0 Å².